The quantitative estimate of drug-likeness (QED) is 0.575. The summed E-state index contributed by atoms with van der Waals surface area (Å²) in [6, 6.07) is 3.49. The number of rotatable bonds is 2. The van der Waals surface area contributed by atoms with Gasteiger partial charge in [0.1, 0.15) is 5.75 Å². The maximum atomic E-state index is 11.6. The Hall–Kier alpha value is -1.57. The number of ketones is 1. The average molecular weight is 190 g/mol. The molecule has 1 aromatic carbocycles. The molecular weight excluding hydrogens is 176 g/mol. The van der Waals surface area contributed by atoms with Gasteiger partial charge in [0.25, 0.3) is 0 Å². The van der Waals surface area contributed by atoms with Crippen molar-refractivity contribution in [1.29, 1.82) is 0 Å². The van der Waals surface area contributed by atoms with Gasteiger partial charge in [0, 0.05) is 0 Å². The van der Waals surface area contributed by atoms with Gasteiger partial charge in [-0.25, -0.2) is 0 Å². The van der Waals surface area contributed by atoms with Crippen LogP contribution in [0.4, 0.5) is 0 Å². The van der Waals surface area contributed by atoms with E-state index in [2.05, 4.69) is 0 Å². The van der Waals surface area contributed by atoms with Gasteiger partial charge in [0.15, 0.2) is 5.78 Å². The first-order chi connectivity index (χ1) is 6.56. The Balaban J connectivity index is 3.27. The minimum atomic E-state index is -0.150. The lowest BCUT2D eigenvalue weighted by atomic mass is 10.0. The second kappa shape index (κ2) is 4.09. The number of phenols is 1. The SMILES string of the molecule is C/C=C/C(=O)c1c(C)cc(C)cc1O. The number of benzene rings is 1. The minimum Gasteiger partial charge on any atom is -0.507 e. The molecule has 0 unspecified atom stereocenters. The van der Waals surface area contributed by atoms with Crippen LogP contribution in [0.2, 0.25) is 0 Å². The van der Waals surface area contributed by atoms with E-state index in [1.807, 2.05) is 19.9 Å². The van der Waals surface area contributed by atoms with Crippen LogP contribution in [-0.2, 0) is 0 Å². The van der Waals surface area contributed by atoms with Gasteiger partial charge < -0.3 is 5.11 Å². The van der Waals surface area contributed by atoms with E-state index in [0.29, 0.717) is 5.56 Å². The zero-order valence-electron chi connectivity index (χ0n) is 8.66. The van der Waals surface area contributed by atoms with Gasteiger partial charge in [-0.1, -0.05) is 12.1 Å². The molecule has 1 aromatic rings. The van der Waals surface area contributed by atoms with Crippen LogP contribution in [0, 0.1) is 13.8 Å². The Morgan fingerprint density at radius 2 is 2.00 bits per heavy atom. The predicted molar refractivity (Wildman–Crippen MR) is 56.7 cm³/mol. The van der Waals surface area contributed by atoms with E-state index in [0.717, 1.165) is 11.1 Å². The summed E-state index contributed by atoms with van der Waals surface area (Å²) in [4.78, 5) is 11.6. The Kier molecular flexibility index (Phi) is 3.07. The van der Waals surface area contributed by atoms with E-state index in [9.17, 15) is 9.90 Å². The molecule has 0 aromatic heterocycles. The molecule has 0 fully saturated rings. The van der Waals surface area contributed by atoms with Crippen molar-refractivity contribution in [3.63, 3.8) is 0 Å². The molecule has 0 spiro atoms. The first kappa shape index (κ1) is 10.5. The van der Waals surface area contributed by atoms with Crippen LogP contribution in [0.25, 0.3) is 0 Å². The van der Waals surface area contributed by atoms with Crippen molar-refractivity contribution < 1.29 is 9.90 Å². The summed E-state index contributed by atoms with van der Waals surface area (Å²) in [5.74, 6) is -0.0897. The third-order valence-electron chi connectivity index (χ3n) is 2.02. The number of hydrogen-bond acceptors (Lipinski definition) is 2. The van der Waals surface area contributed by atoms with Crippen LogP contribution in [0.5, 0.6) is 5.75 Å². The second-order valence-electron chi connectivity index (χ2n) is 3.34. The van der Waals surface area contributed by atoms with Crippen molar-refractivity contribution in [2.45, 2.75) is 20.8 Å². The fourth-order valence-corrected chi connectivity index (χ4v) is 1.50. The van der Waals surface area contributed by atoms with Crippen LogP contribution in [-0.4, -0.2) is 10.9 Å². The van der Waals surface area contributed by atoms with Gasteiger partial charge in [-0.05, 0) is 44.0 Å². The molecule has 0 atom stereocenters. The van der Waals surface area contributed by atoms with E-state index in [4.69, 9.17) is 0 Å². The third-order valence-corrected chi connectivity index (χ3v) is 2.02. The number of carbonyl (C=O) groups excluding carboxylic acids is 1. The Morgan fingerprint density at radius 3 is 2.50 bits per heavy atom. The van der Waals surface area contributed by atoms with Crippen molar-refractivity contribution in [1.82, 2.24) is 0 Å². The Morgan fingerprint density at radius 1 is 1.36 bits per heavy atom. The zero-order valence-corrected chi connectivity index (χ0v) is 8.66. The first-order valence-corrected chi connectivity index (χ1v) is 4.53. The molecule has 0 aliphatic rings. The van der Waals surface area contributed by atoms with Gasteiger partial charge >= 0.3 is 0 Å². The highest BCUT2D eigenvalue weighted by Gasteiger charge is 2.11. The minimum absolute atomic E-state index is 0.0607. The van der Waals surface area contributed by atoms with Gasteiger partial charge in [0.2, 0.25) is 0 Å². The lowest BCUT2D eigenvalue weighted by molar-refractivity contribution is 0.104. The number of carbonyl (C=O) groups is 1. The van der Waals surface area contributed by atoms with Crippen LogP contribution < -0.4 is 0 Å². The topological polar surface area (TPSA) is 37.3 Å². The van der Waals surface area contributed by atoms with Crippen molar-refractivity contribution >= 4 is 5.78 Å². The van der Waals surface area contributed by atoms with Gasteiger partial charge in [0.05, 0.1) is 5.56 Å². The standard InChI is InChI=1S/C12H14O2/c1-4-5-10(13)12-9(3)6-8(2)7-11(12)14/h4-7,14H,1-3H3/b5-4+. The molecule has 2 nitrogen and oxygen atoms in total. The number of hydrogen-bond donors (Lipinski definition) is 1. The largest absolute Gasteiger partial charge is 0.507 e. The molecule has 0 aliphatic heterocycles. The normalized spacial score (nSPS) is 10.8. The van der Waals surface area contributed by atoms with Crippen LogP contribution >= 0.6 is 0 Å². The van der Waals surface area contributed by atoms with Crippen LogP contribution in [0.15, 0.2) is 24.3 Å². The maximum Gasteiger partial charge on any atom is 0.189 e. The van der Waals surface area contributed by atoms with Crippen LogP contribution in [0.3, 0.4) is 0 Å². The van der Waals surface area contributed by atoms with Crippen molar-refractivity contribution in [2.75, 3.05) is 0 Å². The third kappa shape index (κ3) is 2.02. The highest BCUT2D eigenvalue weighted by Crippen LogP contribution is 2.23. The van der Waals surface area contributed by atoms with E-state index >= 15 is 0 Å². The molecule has 14 heavy (non-hydrogen) atoms. The number of phenolic OH excluding ortho intramolecular Hbond substituents is 1. The van der Waals surface area contributed by atoms with Gasteiger partial charge in [-0.2, -0.15) is 0 Å². The van der Waals surface area contributed by atoms with Crippen molar-refractivity contribution in [2.24, 2.45) is 0 Å². The molecular formula is C12H14O2. The summed E-state index contributed by atoms with van der Waals surface area (Å²) in [5.41, 5.74) is 2.16. The molecule has 2 heteroatoms. The predicted octanol–water partition coefficient (Wildman–Crippen LogP) is 2.77. The fraction of sp³-hybridized carbons (Fsp3) is 0.250. The van der Waals surface area contributed by atoms with Crippen molar-refractivity contribution in [3.05, 3.63) is 41.0 Å². The zero-order chi connectivity index (χ0) is 10.7. The van der Waals surface area contributed by atoms with Gasteiger partial charge in [-0.15, -0.1) is 0 Å². The van der Waals surface area contributed by atoms with Gasteiger partial charge in [-0.3, -0.25) is 4.79 Å². The molecule has 0 saturated carbocycles. The highest BCUT2D eigenvalue weighted by atomic mass is 16.3. The molecule has 0 heterocycles. The highest BCUT2D eigenvalue weighted by molar-refractivity contribution is 6.07. The first-order valence-electron chi connectivity index (χ1n) is 4.53. The van der Waals surface area contributed by atoms with Crippen molar-refractivity contribution in [3.8, 4) is 5.75 Å². The summed E-state index contributed by atoms with van der Waals surface area (Å²) < 4.78 is 0. The molecule has 1 rings (SSSR count). The average Bonchev–Trinajstić information content (AvgIpc) is 2.01. The summed E-state index contributed by atoms with van der Waals surface area (Å²) in [5, 5.41) is 9.61. The molecule has 0 aliphatic carbocycles. The molecule has 0 bridgehead atoms. The summed E-state index contributed by atoms with van der Waals surface area (Å²) in [6.45, 7) is 5.48. The molecule has 74 valence electrons. The summed E-state index contributed by atoms with van der Waals surface area (Å²) in [6.07, 6.45) is 3.12. The molecule has 0 radical (unpaired) electrons. The second-order valence-corrected chi connectivity index (χ2v) is 3.34. The van der Waals surface area contributed by atoms with E-state index in [-0.39, 0.29) is 11.5 Å². The summed E-state index contributed by atoms with van der Waals surface area (Å²) in [7, 11) is 0. The number of aromatic hydroxyl groups is 1. The number of allylic oxidation sites excluding steroid dienone is 2. The fourth-order valence-electron chi connectivity index (χ4n) is 1.50. The number of aryl methyl sites for hydroxylation is 2. The lowest BCUT2D eigenvalue weighted by Crippen LogP contribution is -1.99. The maximum absolute atomic E-state index is 11.6. The smallest absolute Gasteiger partial charge is 0.189 e. The van der Waals surface area contributed by atoms with E-state index in [1.54, 1.807) is 19.1 Å². The lowest BCUT2D eigenvalue weighted by Gasteiger charge is -2.06. The molecule has 0 amide bonds. The Bertz CT molecular complexity index is 366. The van der Waals surface area contributed by atoms with Crippen LogP contribution in [0.1, 0.15) is 28.4 Å². The monoisotopic (exact) mass is 190 g/mol. The molecule has 0 saturated heterocycles. The van der Waals surface area contributed by atoms with E-state index < -0.39 is 0 Å². The summed E-state index contributed by atoms with van der Waals surface area (Å²) >= 11 is 0. The van der Waals surface area contributed by atoms with E-state index in [1.165, 1.54) is 6.08 Å². The molecule has 1 N–H and O–H groups in total. The Labute approximate surface area is 83.9 Å².